The Balaban J connectivity index is 2.12. The summed E-state index contributed by atoms with van der Waals surface area (Å²) in [6.07, 6.45) is 2.04. The molecule has 3 rings (SSSR count). The number of hydrogen-bond acceptors (Lipinski definition) is 3. The first kappa shape index (κ1) is 14.1. The SMILES string of the molecule is Cc1c(C(N)=O)cc2cccn2c1C(C)N1CCOCC1. The first-order chi connectivity index (χ1) is 10.1. The van der Waals surface area contributed by atoms with Crippen molar-refractivity contribution in [3.05, 3.63) is 41.2 Å². The first-order valence-corrected chi connectivity index (χ1v) is 7.31. The summed E-state index contributed by atoms with van der Waals surface area (Å²) in [5.41, 5.74) is 9.25. The highest BCUT2D eigenvalue weighted by atomic mass is 16.5. The van der Waals surface area contributed by atoms with Crippen LogP contribution in [0.15, 0.2) is 24.4 Å². The van der Waals surface area contributed by atoms with E-state index in [-0.39, 0.29) is 11.9 Å². The molecule has 0 aromatic carbocycles. The fourth-order valence-corrected chi connectivity index (χ4v) is 3.21. The van der Waals surface area contributed by atoms with Crippen LogP contribution in [0.1, 0.15) is 34.6 Å². The molecule has 2 aromatic heterocycles. The minimum absolute atomic E-state index is 0.211. The second-order valence-electron chi connectivity index (χ2n) is 5.56. The zero-order chi connectivity index (χ0) is 15.0. The molecule has 1 aliphatic heterocycles. The van der Waals surface area contributed by atoms with Crippen LogP contribution in [0.3, 0.4) is 0 Å². The van der Waals surface area contributed by atoms with Gasteiger partial charge in [-0.05, 0) is 37.6 Å². The van der Waals surface area contributed by atoms with E-state index in [1.54, 1.807) is 0 Å². The minimum Gasteiger partial charge on any atom is -0.379 e. The summed E-state index contributed by atoms with van der Waals surface area (Å²) in [7, 11) is 0. The van der Waals surface area contributed by atoms with Gasteiger partial charge in [0.05, 0.1) is 13.2 Å². The van der Waals surface area contributed by atoms with Crippen molar-refractivity contribution in [2.45, 2.75) is 19.9 Å². The number of aromatic nitrogens is 1. The van der Waals surface area contributed by atoms with E-state index in [1.807, 2.05) is 31.3 Å². The standard InChI is InChI=1S/C16H21N3O2/c1-11-14(16(17)20)10-13-4-3-5-19(13)15(11)12(2)18-6-8-21-9-7-18/h3-5,10,12H,6-9H2,1-2H3,(H2,17,20). The number of primary amides is 1. The number of carbonyl (C=O) groups is 1. The molecule has 2 aromatic rings. The minimum atomic E-state index is -0.369. The zero-order valence-corrected chi connectivity index (χ0v) is 12.5. The molecule has 1 amide bonds. The van der Waals surface area contributed by atoms with E-state index in [4.69, 9.17) is 10.5 Å². The van der Waals surface area contributed by atoms with Crippen molar-refractivity contribution in [3.63, 3.8) is 0 Å². The fourth-order valence-electron chi connectivity index (χ4n) is 3.21. The predicted molar refractivity (Wildman–Crippen MR) is 81.5 cm³/mol. The van der Waals surface area contributed by atoms with Crippen LogP contribution in [-0.2, 0) is 4.74 Å². The molecule has 0 spiro atoms. The van der Waals surface area contributed by atoms with Crippen molar-refractivity contribution in [2.24, 2.45) is 5.73 Å². The average Bonchev–Trinajstić information content (AvgIpc) is 2.94. The first-order valence-electron chi connectivity index (χ1n) is 7.31. The zero-order valence-electron chi connectivity index (χ0n) is 12.5. The molecule has 2 N–H and O–H groups in total. The topological polar surface area (TPSA) is 60.0 Å². The molecule has 1 atom stereocenters. The van der Waals surface area contributed by atoms with Gasteiger partial charge in [-0.1, -0.05) is 0 Å². The number of nitrogens with two attached hydrogens (primary N) is 1. The lowest BCUT2D eigenvalue weighted by molar-refractivity contribution is 0.0187. The monoisotopic (exact) mass is 287 g/mol. The van der Waals surface area contributed by atoms with E-state index in [9.17, 15) is 4.79 Å². The summed E-state index contributed by atoms with van der Waals surface area (Å²) in [5.74, 6) is -0.369. The summed E-state index contributed by atoms with van der Waals surface area (Å²) in [6, 6.07) is 6.08. The Bertz CT molecular complexity index is 671. The third-order valence-corrected chi connectivity index (χ3v) is 4.37. The van der Waals surface area contributed by atoms with Crippen LogP contribution in [0.5, 0.6) is 0 Å². The van der Waals surface area contributed by atoms with Crippen molar-refractivity contribution in [1.82, 2.24) is 9.30 Å². The van der Waals surface area contributed by atoms with Gasteiger partial charge >= 0.3 is 0 Å². The number of amides is 1. The summed E-state index contributed by atoms with van der Waals surface area (Å²) >= 11 is 0. The Morgan fingerprint density at radius 2 is 2.10 bits per heavy atom. The molecule has 1 fully saturated rings. The second kappa shape index (κ2) is 5.50. The van der Waals surface area contributed by atoms with Gasteiger partial charge < -0.3 is 14.9 Å². The predicted octanol–water partition coefficient (Wildman–Crippen LogP) is 1.74. The lowest BCUT2D eigenvalue weighted by Gasteiger charge is -2.34. The van der Waals surface area contributed by atoms with Gasteiger partial charge in [0, 0.05) is 42.1 Å². The van der Waals surface area contributed by atoms with Crippen LogP contribution in [0.2, 0.25) is 0 Å². The summed E-state index contributed by atoms with van der Waals surface area (Å²) in [4.78, 5) is 14.1. The Labute approximate surface area is 124 Å². The van der Waals surface area contributed by atoms with Crippen molar-refractivity contribution < 1.29 is 9.53 Å². The molecule has 1 saturated heterocycles. The third kappa shape index (κ3) is 2.43. The van der Waals surface area contributed by atoms with Crippen LogP contribution < -0.4 is 5.73 Å². The van der Waals surface area contributed by atoms with Gasteiger partial charge in [-0.15, -0.1) is 0 Å². The highest BCUT2D eigenvalue weighted by Crippen LogP contribution is 2.28. The highest BCUT2D eigenvalue weighted by molar-refractivity contribution is 5.95. The molecule has 1 unspecified atom stereocenters. The maximum absolute atomic E-state index is 11.7. The van der Waals surface area contributed by atoms with Gasteiger partial charge in [0.15, 0.2) is 0 Å². The molecule has 5 nitrogen and oxygen atoms in total. The summed E-state index contributed by atoms with van der Waals surface area (Å²) < 4.78 is 7.58. The molecule has 0 radical (unpaired) electrons. The largest absolute Gasteiger partial charge is 0.379 e. The van der Waals surface area contributed by atoms with E-state index >= 15 is 0 Å². The van der Waals surface area contributed by atoms with E-state index in [0.717, 1.165) is 43.1 Å². The number of nitrogens with zero attached hydrogens (tertiary/aromatic N) is 2. The lowest BCUT2D eigenvalue weighted by atomic mass is 10.0. The second-order valence-corrected chi connectivity index (χ2v) is 5.56. The molecule has 0 aliphatic carbocycles. The van der Waals surface area contributed by atoms with Crippen molar-refractivity contribution in [1.29, 1.82) is 0 Å². The molecule has 1 aliphatic rings. The van der Waals surface area contributed by atoms with Gasteiger partial charge in [0.25, 0.3) is 0 Å². The van der Waals surface area contributed by atoms with Gasteiger partial charge in [-0.2, -0.15) is 0 Å². The summed E-state index contributed by atoms with van der Waals surface area (Å²) in [6.45, 7) is 7.49. The molecule has 5 heteroatoms. The van der Waals surface area contributed by atoms with E-state index < -0.39 is 0 Å². The number of hydrogen-bond donors (Lipinski definition) is 1. The number of ether oxygens (including phenoxy) is 1. The van der Waals surface area contributed by atoms with Gasteiger partial charge in [-0.3, -0.25) is 9.69 Å². The smallest absolute Gasteiger partial charge is 0.249 e. The van der Waals surface area contributed by atoms with Crippen LogP contribution in [0.4, 0.5) is 0 Å². The maximum Gasteiger partial charge on any atom is 0.249 e. The molecular weight excluding hydrogens is 266 g/mol. The van der Waals surface area contributed by atoms with Crippen LogP contribution in [0.25, 0.3) is 5.52 Å². The van der Waals surface area contributed by atoms with Crippen molar-refractivity contribution >= 4 is 11.4 Å². The Morgan fingerprint density at radius 3 is 2.76 bits per heavy atom. The molecule has 21 heavy (non-hydrogen) atoms. The molecule has 0 saturated carbocycles. The van der Waals surface area contributed by atoms with Gasteiger partial charge in [-0.25, -0.2) is 0 Å². The summed E-state index contributed by atoms with van der Waals surface area (Å²) in [5, 5.41) is 0. The van der Waals surface area contributed by atoms with E-state index in [0.29, 0.717) is 5.56 Å². The fraction of sp³-hybridized carbons (Fsp3) is 0.438. The number of fused-ring (bicyclic) bond motifs is 1. The van der Waals surface area contributed by atoms with Gasteiger partial charge in [0.2, 0.25) is 5.91 Å². The van der Waals surface area contributed by atoms with Crippen LogP contribution >= 0.6 is 0 Å². The van der Waals surface area contributed by atoms with E-state index in [1.165, 1.54) is 0 Å². The lowest BCUT2D eigenvalue weighted by Crippen LogP contribution is -2.39. The highest BCUT2D eigenvalue weighted by Gasteiger charge is 2.24. The molecular formula is C16H21N3O2. The Hall–Kier alpha value is -1.85. The number of pyridine rings is 1. The quantitative estimate of drug-likeness (QED) is 0.935. The number of carbonyl (C=O) groups excluding carboxylic acids is 1. The molecule has 3 heterocycles. The normalized spacial score (nSPS) is 18.0. The van der Waals surface area contributed by atoms with Crippen LogP contribution in [-0.4, -0.2) is 41.5 Å². The molecule has 0 bridgehead atoms. The van der Waals surface area contributed by atoms with Crippen molar-refractivity contribution in [3.8, 4) is 0 Å². The Morgan fingerprint density at radius 1 is 1.38 bits per heavy atom. The van der Waals surface area contributed by atoms with Crippen LogP contribution in [0, 0.1) is 6.92 Å². The molecule has 112 valence electrons. The maximum atomic E-state index is 11.7. The average molecular weight is 287 g/mol. The van der Waals surface area contributed by atoms with Gasteiger partial charge in [0.1, 0.15) is 0 Å². The number of rotatable bonds is 3. The Kier molecular flexibility index (Phi) is 3.69. The van der Waals surface area contributed by atoms with E-state index in [2.05, 4.69) is 16.2 Å². The van der Waals surface area contributed by atoms with Crippen molar-refractivity contribution in [2.75, 3.05) is 26.3 Å². The number of morpholine rings is 1. The third-order valence-electron chi connectivity index (χ3n) is 4.37.